The summed E-state index contributed by atoms with van der Waals surface area (Å²) >= 11 is 3.53. The van der Waals surface area contributed by atoms with Crippen molar-refractivity contribution in [2.24, 2.45) is 5.73 Å². The number of amides is 1. The Labute approximate surface area is 214 Å². The van der Waals surface area contributed by atoms with Crippen molar-refractivity contribution in [3.8, 4) is 0 Å². The van der Waals surface area contributed by atoms with Crippen molar-refractivity contribution < 1.29 is 4.79 Å². The Balaban J connectivity index is 1.32. The lowest BCUT2D eigenvalue weighted by Crippen LogP contribution is -2.37. The number of aromatic nitrogens is 2. The molecule has 184 valence electrons. The number of nitrogens with one attached hydrogen (secondary N) is 3. The molecule has 1 aliphatic rings. The third-order valence-corrected chi connectivity index (χ3v) is 6.52. The highest BCUT2D eigenvalue weighted by molar-refractivity contribution is 9.10. The molecule has 1 fully saturated rings. The first kappa shape index (κ1) is 25.1. The molecule has 3 aromatic rings. The van der Waals surface area contributed by atoms with E-state index in [0.717, 1.165) is 34.6 Å². The SMILES string of the molecule is NC(Cc1ccccc1)C(=O)Nc1cccc(Nc2ncc(Br)c(NCCN3CCCCC3)n2)c1. The summed E-state index contributed by atoms with van der Waals surface area (Å²) in [6.45, 7) is 4.15. The fourth-order valence-corrected chi connectivity index (χ4v) is 4.40. The summed E-state index contributed by atoms with van der Waals surface area (Å²) in [5.41, 5.74) is 8.56. The van der Waals surface area contributed by atoms with Gasteiger partial charge in [-0.05, 0) is 72.0 Å². The molecular formula is C26H32BrN7O. The molecule has 2 aromatic carbocycles. The molecule has 0 spiro atoms. The van der Waals surface area contributed by atoms with Gasteiger partial charge in [0.1, 0.15) is 5.82 Å². The molecule has 0 bridgehead atoms. The van der Waals surface area contributed by atoms with E-state index < -0.39 is 6.04 Å². The highest BCUT2D eigenvalue weighted by Gasteiger charge is 2.15. The van der Waals surface area contributed by atoms with Crippen LogP contribution in [0.1, 0.15) is 24.8 Å². The normalized spacial score (nSPS) is 14.8. The summed E-state index contributed by atoms with van der Waals surface area (Å²) in [5.74, 6) is 0.986. The van der Waals surface area contributed by atoms with Gasteiger partial charge in [0.2, 0.25) is 11.9 Å². The van der Waals surface area contributed by atoms with E-state index in [1.807, 2.05) is 54.6 Å². The van der Waals surface area contributed by atoms with Crippen LogP contribution >= 0.6 is 15.9 Å². The molecule has 1 atom stereocenters. The summed E-state index contributed by atoms with van der Waals surface area (Å²) in [6, 6.07) is 16.5. The lowest BCUT2D eigenvalue weighted by atomic mass is 10.1. The number of piperidine rings is 1. The summed E-state index contributed by atoms with van der Waals surface area (Å²) in [4.78, 5) is 24.0. The van der Waals surface area contributed by atoms with Crippen LogP contribution in [-0.4, -0.2) is 53.0 Å². The van der Waals surface area contributed by atoms with E-state index in [9.17, 15) is 4.79 Å². The number of carbonyl (C=O) groups is 1. The highest BCUT2D eigenvalue weighted by atomic mass is 79.9. The van der Waals surface area contributed by atoms with Crippen molar-refractivity contribution in [1.29, 1.82) is 0 Å². The zero-order chi connectivity index (χ0) is 24.5. The Morgan fingerprint density at radius 2 is 1.83 bits per heavy atom. The second-order valence-electron chi connectivity index (χ2n) is 8.71. The van der Waals surface area contributed by atoms with Crippen molar-refractivity contribution in [1.82, 2.24) is 14.9 Å². The smallest absolute Gasteiger partial charge is 0.241 e. The van der Waals surface area contributed by atoms with E-state index in [1.165, 1.54) is 32.4 Å². The van der Waals surface area contributed by atoms with Crippen molar-refractivity contribution in [3.05, 3.63) is 70.8 Å². The topological polar surface area (TPSA) is 108 Å². The largest absolute Gasteiger partial charge is 0.368 e. The van der Waals surface area contributed by atoms with Crippen LogP contribution in [0.4, 0.5) is 23.1 Å². The first-order valence-corrected chi connectivity index (χ1v) is 12.8. The first-order valence-electron chi connectivity index (χ1n) is 12.0. The zero-order valence-electron chi connectivity index (χ0n) is 19.7. The van der Waals surface area contributed by atoms with E-state index in [4.69, 9.17) is 5.73 Å². The summed E-state index contributed by atoms with van der Waals surface area (Å²) in [7, 11) is 0. The van der Waals surface area contributed by atoms with Crippen LogP contribution < -0.4 is 21.7 Å². The average Bonchev–Trinajstić information content (AvgIpc) is 2.87. The number of nitrogens with two attached hydrogens (primary N) is 1. The summed E-state index contributed by atoms with van der Waals surface area (Å²) in [6.07, 6.45) is 6.10. The Hall–Kier alpha value is -3.01. The number of benzene rings is 2. The van der Waals surface area contributed by atoms with Crippen LogP contribution in [0.2, 0.25) is 0 Å². The number of nitrogens with zero attached hydrogens (tertiary/aromatic N) is 3. The number of hydrogen-bond donors (Lipinski definition) is 4. The zero-order valence-corrected chi connectivity index (χ0v) is 21.3. The molecule has 1 aromatic heterocycles. The third kappa shape index (κ3) is 7.74. The molecule has 1 saturated heterocycles. The minimum Gasteiger partial charge on any atom is -0.368 e. The molecule has 4 rings (SSSR count). The Morgan fingerprint density at radius 1 is 1.06 bits per heavy atom. The lowest BCUT2D eigenvalue weighted by Gasteiger charge is -2.26. The molecule has 1 aliphatic heterocycles. The molecule has 0 saturated carbocycles. The van der Waals surface area contributed by atoms with Gasteiger partial charge in [-0.15, -0.1) is 0 Å². The fourth-order valence-electron chi connectivity index (χ4n) is 4.07. The Morgan fingerprint density at radius 3 is 2.63 bits per heavy atom. The van der Waals surface area contributed by atoms with Crippen LogP contribution in [0.3, 0.4) is 0 Å². The van der Waals surface area contributed by atoms with Gasteiger partial charge in [0.05, 0.1) is 10.5 Å². The van der Waals surface area contributed by atoms with E-state index in [2.05, 4.69) is 46.7 Å². The Kier molecular flexibility index (Phi) is 9.05. The predicted octanol–water partition coefficient (Wildman–Crippen LogP) is 4.39. The van der Waals surface area contributed by atoms with Gasteiger partial charge >= 0.3 is 0 Å². The van der Waals surface area contributed by atoms with Crippen molar-refractivity contribution in [2.75, 3.05) is 42.1 Å². The third-order valence-electron chi connectivity index (χ3n) is 5.93. The second-order valence-corrected chi connectivity index (χ2v) is 9.56. The number of hydrogen-bond acceptors (Lipinski definition) is 7. The Bertz CT molecular complexity index is 1110. The number of rotatable bonds is 10. The quantitative estimate of drug-likeness (QED) is 0.303. The van der Waals surface area contributed by atoms with Gasteiger partial charge in [-0.25, -0.2) is 4.98 Å². The van der Waals surface area contributed by atoms with Crippen molar-refractivity contribution in [3.63, 3.8) is 0 Å². The maximum Gasteiger partial charge on any atom is 0.241 e. The molecule has 8 nitrogen and oxygen atoms in total. The van der Waals surface area contributed by atoms with Gasteiger partial charge in [0, 0.05) is 30.7 Å². The number of likely N-dealkylation sites (tertiary alicyclic amines) is 1. The van der Waals surface area contributed by atoms with Crippen molar-refractivity contribution >= 4 is 45.0 Å². The standard InChI is InChI=1S/C26H32BrN7O/c27-22-18-30-26(33-24(22)29-12-15-34-13-5-2-6-14-34)32-21-11-7-10-20(17-21)31-25(35)23(28)16-19-8-3-1-4-9-19/h1,3-4,7-11,17-18,23H,2,5-6,12-16,28H2,(H,31,35)(H2,29,30,32,33). The highest BCUT2D eigenvalue weighted by Crippen LogP contribution is 2.23. The molecule has 9 heteroatoms. The molecular weight excluding hydrogens is 506 g/mol. The molecule has 35 heavy (non-hydrogen) atoms. The van der Waals surface area contributed by atoms with Crippen LogP contribution in [-0.2, 0) is 11.2 Å². The number of carbonyl (C=O) groups excluding carboxylic acids is 1. The van der Waals surface area contributed by atoms with Crippen LogP contribution in [0.15, 0.2) is 65.3 Å². The van der Waals surface area contributed by atoms with Gasteiger partial charge in [-0.2, -0.15) is 4.98 Å². The van der Waals surface area contributed by atoms with Crippen LogP contribution in [0.5, 0.6) is 0 Å². The molecule has 2 heterocycles. The monoisotopic (exact) mass is 537 g/mol. The molecule has 5 N–H and O–H groups in total. The predicted molar refractivity (Wildman–Crippen MR) is 145 cm³/mol. The summed E-state index contributed by atoms with van der Waals surface area (Å²) < 4.78 is 0.815. The lowest BCUT2D eigenvalue weighted by molar-refractivity contribution is -0.117. The van der Waals surface area contributed by atoms with Gasteiger partial charge in [0.25, 0.3) is 0 Å². The average molecular weight is 538 g/mol. The minimum atomic E-state index is -0.637. The molecule has 0 radical (unpaired) electrons. The maximum absolute atomic E-state index is 12.6. The fraction of sp³-hybridized carbons (Fsp3) is 0.346. The maximum atomic E-state index is 12.6. The summed E-state index contributed by atoms with van der Waals surface area (Å²) in [5, 5.41) is 9.52. The van der Waals surface area contributed by atoms with Gasteiger partial charge < -0.3 is 26.6 Å². The van der Waals surface area contributed by atoms with E-state index in [0.29, 0.717) is 18.1 Å². The van der Waals surface area contributed by atoms with E-state index in [-0.39, 0.29) is 5.91 Å². The van der Waals surface area contributed by atoms with Crippen molar-refractivity contribution in [2.45, 2.75) is 31.7 Å². The number of halogens is 1. The van der Waals surface area contributed by atoms with E-state index >= 15 is 0 Å². The first-order chi connectivity index (χ1) is 17.1. The van der Waals surface area contributed by atoms with Crippen LogP contribution in [0, 0.1) is 0 Å². The van der Waals surface area contributed by atoms with Gasteiger partial charge in [-0.1, -0.05) is 42.8 Å². The van der Waals surface area contributed by atoms with Crippen LogP contribution in [0.25, 0.3) is 0 Å². The molecule has 0 aliphatic carbocycles. The molecule has 1 unspecified atom stereocenters. The van der Waals surface area contributed by atoms with Gasteiger partial charge in [0.15, 0.2) is 0 Å². The number of anilines is 4. The molecule has 1 amide bonds. The van der Waals surface area contributed by atoms with Gasteiger partial charge in [-0.3, -0.25) is 4.79 Å². The second kappa shape index (κ2) is 12.6. The minimum absolute atomic E-state index is 0.230. The van der Waals surface area contributed by atoms with E-state index in [1.54, 1.807) is 6.20 Å².